The lowest BCUT2D eigenvalue weighted by atomic mass is 9.79. The Kier molecular flexibility index (Phi) is 4.05. The van der Waals surface area contributed by atoms with Crippen LogP contribution in [0.2, 0.25) is 0 Å². The van der Waals surface area contributed by atoms with Crippen LogP contribution in [0.3, 0.4) is 0 Å². The van der Waals surface area contributed by atoms with Crippen molar-refractivity contribution in [1.29, 1.82) is 0 Å². The summed E-state index contributed by atoms with van der Waals surface area (Å²) in [5.74, 6) is 2.41. The van der Waals surface area contributed by atoms with Gasteiger partial charge in [-0.25, -0.2) is 0 Å². The normalized spacial score (nSPS) is 24.9. The summed E-state index contributed by atoms with van der Waals surface area (Å²) in [6.07, 6.45) is 5.30. The molecule has 0 radical (unpaired) electrons. The molecule has 1 fully saturated rings. The Bertz CT molecular complexity index is 339. The zero-order valence-electron chi connectivity index (χ0n) is 10.9. The number of aromatic nitrogens is 2. The van der Waals surface area contributed by atoms with Crippen molar-refractivity contribution in [3.05, 3.63) is 11.8 Å². The van der Waals surface area contributed by atoms with Crippen molar-refractivity contribution in [2.75, 3.05) is 18.4 Å². The van der Waals surface area contributed by atoms with E-state index in [9.17, 15) is 0 Å². The molecule has 4 nitrogen and oxygen atoms in total. The lowest BCUT2D eigenvalue weighted by molar-refractivity contribution is 0.255. The molecule has 1 aliphatic rings. The minimum atomic E-state index is 0.695. The maximum absolute atomic E-state index is 5.84. The number of nitrogens with zero attached hydrogens (tertiary/aromatic N) is 2. The molecule has 0 aliphatic heterocycles. The SMILES string of the molecule is Cc1cc(NCC2CCCCC2CN)nn1C. The maximum Gasteiger partial charge on any atom is 0.148 e. The standard InChI is InChI=1S/C13H24N4/c1-10-7-13(16-17(10)2)15-9-12-6-4-3-5-11(12)8-14/h7,11-12H,3-6,8-9,14H2,1-2H3,(H,15,16). The summed E-state index contributed by atoms with van der Waals surface area (Å²) in [5, 5.41) is 7.87. The van der Waals surface area contributed by atoms with Crippen LogP contribution in [0.4, 0.5) is 5.82 Å². The van der Waals surface area contributed by atoms with Gasteiger partial charge in [-0.05, 0) is 38.1 Å². The number of anilines is 1. The summed E-state index contributed by atoms with van der Waals surface area (Å²) >= 11 is 0. The fraction of sp³-hybridized carbons (Fsp3) is 0.769. The average Bonchev–Trinajstić information content (AvgIpc) is 2.66. The topological polar surface area (TPSA) is 55.9 Å². The van der Waals surface area contributed by atoms with E-state index in [-0.39, 0.29) is 0 Å². The van der Waals surface area contributed by atoms with E-state index in [1.165, 1.54) is 31.4 Å². The molecule has 2 rings (SSSR count). The van der Waals surface area contributed by atoms with Crippen molar-refractivity contribution in [2.45, 2.75) is 32.6 Å². The molecule has 1 aromatic rings. The highest BCUT2D eigenvalue weighted by Gasteiger charge is 2.23. The van der Waals surface area contributed by atoms with E-state index >= 15 is 0 Å². The van der Waals surface area contributed by atoms with Crippen LogP contribution >= 0.6 is 0 Å². The Balaban J connectivity index is 1.88. The van der Waals surface area contributed by atoms with Gasteiger partial charge in [-0.15, -0.1) is 0 Å². The molecule has 0 saturated heterocycles. The Morgan fingerprint density at radius 2 is 2.12 bits per heavy atom. The average molecular weight is 236 g/mol. The number of aryl methyl sites for hydroxylation is 2. The van der Waals surface area contributed by atoms with Gasteiger partial charge in [0, 0.05) is 25.4 Å². The molecule has 17 heavy (non-hydrogen) atoms. The second-order valence-electron chi connectivity index (χ2n) is 5.22. The first kappa shape index (κ1) is 12.4. The first-order chi connectivity index (χ1) is 8.20. The van der Waals surface area contributed by atoms with Crippen molar-refractivity contribution in [2.24, 2.45) is 24.6 Å². The zero-order chi connectivity index (χ0) is 12.3. The van der Waals surface area contributed by atoms with Crippen molar-refractivity contribution in [3.8, 4) is 0 Å². The van der Waals surface area contributed by atoms with E-state index in [4.69, 9.17) is 5.73 Å². The highest BCUT2D eigenvalue weighted by Crippen LogP contribution is 2.29. The van der Waals surface area contributed by atoms with Gasteiger partial charge in [0.25, 0.3) is 0 Å². The molecule has 96 valence electrons. The van der Waals surface area contributed by atoms with E-state index in [2.05, 4.69) is 23.4 Å². The van der Waals surface area contributed by atoms with Crippen LogP contribution in [0.1, 0.15) is 31.4 Å². The van der Waals surface area contributed by atoms with Crippen molar-refractivity contribution in [1.82, 2.24) is 9.78 Å². The fourth-order valence-corrected chi connectivity index (χ4v) is 2.75. The van der Waals surface area contributed by atoms with Crippen LogP contribution in [-0.4, -0.2) is 22.9 Å². The third-order valence-corrected chi connectivity index (χ3v) is 4.03. The molecule has 1 aliphatic carbocycles. The minimum absolute atomic E-state index is 0.695. The summed E-state index contributed by atoms with van der Waals surface area (Å²) < 4.78 is 1.91. The van der Waals surface area contributed by atoms with Crippen LogP contribution < -0.4 is 11.1 Å². The first-order valence-electron chi connectivity index (χ1n) is 6.65. The summed E-state index contributed by atoms with van der Waals surface area (Å²) in [6, 6.07) is 2.10. The Morgan fingerprint density at radius 1 is 1.41 bits per heavy atom. The van der Waals surface area contributed by atoms with Gasteiger partial charge in [0.1, 0.15) is 5.82 Å². The van der Waals surface area contributed by atoms with Gasteiger partial charge < -0.3 is 11.1 Å². The van der Waals surface area contributed by atoms with Crippen LogP contribution in [-0.2, 0) is 7.05 Å². The summed E-state index contributed by atoms with van der Waals surface area (Å²) in [4.78, 5) is 0. The van der Waals surface area contributed by atoms with Crippen molar-refractivity contribution < 1.29 is 0 Å². The van der Waals surface area contributed by atoms with Crippen LogP contribution in [0, 0.1) is 18.8 Å². The molecule has 0 bridgehead atoms. The minimum Gasteiger partial charge on any atom is -0.368 e. The molecule has 0 aromatic carbocycles. The van der Waals surface area contributed by atoms with Crippen LogP contribution in [0.15, 0.2) is 6.07 Å². The van der Waals surface area contributed by atoms with Gasteiger partial charge in [0.05, 0.1) is 0 Å². The smallest absolute Gasteiger partial charge is 0.148 e. The van der Waals surface area contributed by atoms with E-state index in [0.717, 1.165) is 24.8 Å². The lowest BCUT2D eigenvalue weighted by Gasteiger charge is -2.30. The van der Waals surface area contributed by atoms with Crippen molar-refractivity contribution >= 4 is 5.82 Å². The monoisotopic (exact) mass is 236 g/mol. The Labute approximate surface area is 104 Å². The largest absolute Gasteiger partial charge is 0.368 e. The highest BCUT2D eigenvalue weighted by molar-refractivity contribution is 5.35. The molecule has 2 atom stereocenters. The molecule has 1 heterocycles. The third kappa shape index (κ3) is 3.00. The van der Waals surface area contributed by atoms with E-state index in [1.54, 1.807) is 0 Å². The van der Waals surface area contributed by atoms with Gasteiger partial charge >= 0.3 is 0 Å². The van der Waals surface area contributed by atoms with E-state index < -0.39 is 0 Å². The Hall–Kier alpha value is -1.03. The molecule has 1 saturated carbocycles. The summed E-state index contributed by atoms with van der Waals surface area (Å²) in [5.41, 5.74) is 7.03. The predicted octanol–water partition coefficient (Wildman–Crippen LogP) is 1.91. The fourth-order valence-electron chi connectivity index (χ4n) is 2.75. The van der Waals surface area contributed by atoms with Gasteiger partial charge in [-0.2, -0.15) is 5.10 Å². The number of hydrogen-bond acceptors (Lipinski definition) is 3. The molecular weight excluding hydrogens is 212 g/mol. The van der Waals surface area contributed by atoms with E-state index in [0.29, 0.717) is 5.92 Å². The Morgan fingerprint density at radius 3 is 2.71 bits per heavy atom. The van der Waals surface area contributed by atoms with Gasteiger partial charge in [-0.1, -0.05) is 12.8 Å². The van der Waals surface area contributed by atoms with Crippen molar-refractivity contribution in [3.63, 3.8) is 0 Å². The highest BCUT2D eigenvalue weighted by atomic mass is 15.3. The molecule has 0 spiro atoms. The first-order valence-corrected chi connectivity index (χ1v) is 6.65. The zero-order valence-corrected chi connectivity index (χ0v) is 10.9. The molecule has 4 heteroatoms. The van der Waals surface area contributed by atoms with Gasteiger partial charge in [-0.3, -0.25) is 4.68 Å². The second kappa shape index (κ2) is 5.54. The lowest BCUT2D eigenvalue weighted by Crippen LogP contribution is -2.31. The second-order valence-corrected chi connectivity index (χ2v) is 5.22. The molecule has 0 amide bonds. The number of hydrogen-bond donors (Lipinski definition) is 2. The summed E-state index contributed by atoms with van der Waals surface area (Å²) in [6.45, 7) is 3.91. The van der Waals surface area contributed by atoms with Crippen LogP contribution in [0.25, 0.3) is 0 Å². The molecule has 3 N–H and O–H groups in total. The number of nitrogens with two attached hydrogens (primary N) is 1. The number of nitrogens with one attached hydrogen (secondary N) is 1. The maximum atomic E-state index is 5.84. The van der Waals surface area contributed by atoms with Crippen LogP contribution in [0.5, 0.6) is 0 Å². The van der Waals surface area contributed by atoms with Gasteiger partial charge in [0.15, 0.2) is 0 Å². The summed E-state index contributed by atoms with van der Waals surface area (Å²) in [7, 11) is 1.98. The molecular formula is C13H24N4. The van der Waals surface area contributed by atoms with E-state index in [1.807, 2.05) is 11.7 Å². The van der Waals surface area contributed by atoms with Gasteiger partial charge in [0.2, 0.25) is 0 Å². The number of rotatable bonds is 4. The molecule has 2 unspecified atom stereocenters. The predicted molar refractivity (Wildman–Crippen MR) is 70.9 cm³/mol. The quantitative estimate of drug-likeness (QED) is 0.839. The molecule has 1 aromatic heterocycles. The third-order valence-electron chi connectivity index (χ3n) is 4.03.